The van der Waals surface area contributed by atoms with Gasteiger partial charge in [0.25, 0.3) is 0 Å². The standard InChI is InChI=1S/C11H16/c1-9(11(2,3)4)10-7-5-6-8-10/h5-8H,1-4H3. The molecule has 0 heterocycles. The average Bonchev–Trinajstić information content (AvgIpc) is 2.34. The summed E-state index contributed by atoms with van der Waals surface area (Å²) >= 11 is 0. The molecule has 0 saturated carbocycles. The molecule has 0 radical (unpaired) electrons. The van der Waals surface area contributed by atoms with Crippen molar-refractivity contribution >= 4 is 0 Å². The van der Waals surface area contributed by atoms with E-state index in [1.54, 1.807) is 0 Å². The molecule has 60 valence electrons. The molecule has 0 saturated heterocycles. The zero-order chi connectivity index (χ0) is 8.48. The van der Waals surface area contributed by atoms with E-state index in [1.807, 2.05) is 0 Å². The van der Waals surface area contributed by atoms with E-state index in [4.69, 9.17) is 0 Å². The highest BCUT2D eigenvalue weighted by atomic mass is 14.2. The van der Waals surface area contributed by atoms with E-state index in [1.165, 1.54) is 11.1 Å². The lowest BCUT2D eigenvalue weighted by Crippen LogP contribution is -2.07. The van der Waals surface area contributed by atoms with Crippen molar-refractivity contribution in [3.8, 4) is 0 Å². The quantitative estimate of drug-likeness (QED) is 0.493. The van der Waals surface area contributed by atoms with Crippen molar-refractivity contribution in [2.45, 2.75) is 27.7 Å². The molecule has 0 nitrogen and oxygen atoms in total. The van der Waals surface area contributed by atoms with Gasteiger partial charge in [0.1, 0.15) is 0 Å². The molecule has 0 unspecified atom stereocenters. The van der Waals surface area contributed by atoms with Crippen molar-refractivity contribution in [2.24, 2.45) is 5.41 Å². The van der Waals surface area contributed by atoms with Gasteiger partial charge in [0.05, 0.1) is 0 Å². The molecule has 1 rings (SSSR count). The zero-order valence-corrected chi connectivity index (χ0v) is 7.81. The Bertz CT molecular complexity index is 217. The summed E-state index contributed by atoms with van der Waals surface area (Å²) in [6, 6.07) is 0. The van der Waals surface area contributed by atoms with Crippen LogP contribution < -0.4 is 0 Å². The Kier molecular flexibility index (Phi) is 2.03. The molecule has 0 heteroatoms. The molecule has 0 aromatic carbocycles. The van der Waals surface area contributed by atoms with Gasteiger partial charge in [0.2, 0.25) is 0 Å². The summed E-state index contributed by atoms with van der Waals surface area (Å²) in [5, 5.41) is 0. The summed E-state index contributed by atoms with van der Waals surface area (Å²) < 4.78 is 0. The van der Waals surface area contributed by atoms with Crippen LogP contribution >= 0.6 is 0 Å². The van der Waals surface area contributed by atoms with Crippen LogP contribution in [0.25, 0.3) is 0 Å². The van der Waals surface area contributed by atoms with Crippen molar-refractivity contribution < 1.29 is 0 Å². The molecule has 0 atom stereocenters. The largest absolute Gasteiger partial charge is 0.0617 e. The van der Waals surface area contributed by atoms with Gasteiger partial charge in [0.15, 0.2) is 0 Å². The maximum atomic E-state index is 2.25. The first kappa shape index (κ1) is 8.32. The van der Waals surface area contributed by atoms with E-state index in [-0.39, 0.29) is 0 Å². The third-order valence-corrected chi connectivity index (χ3v) is 2.22. The Labute approximate surface area is 69.3 Å². The highest BCUT2D eigenvalue weighted by Gasteiger charge is 2.15. The van der Waals surface area contributed by atoms with Crippen LogP contribution in [0.3, 0.4) is 0 Å². The highest BCUT2D eigenvalue weighted by molar-refractivity contribution is 5.44. The lowest BCUT2D eigenvalue weighted by molar-refractivity contribution is 0.501. The first-order chi connectivity index (χ1) is 5.02. The van der Waals surface area contributed by atoms with Crippen LogP contribution in [0.5, 0.6) is 0 Å². The average molecular weight is 148 g/mol. The van der Waals surface area contributed by atoms with Crippen molar-refractivity contribution in [1.82, 2.24) is 0 Å². The maximum absolute atomic E-state index is 2.25. The Morgan fingerprint density at radius 2 is 1.55 bits per heavy atom. The molecule has 0 spiro atoms. The predicted octanol–water partition coefficient (Wildman–Crippen LogP) is 3.48. The van der Waals surface area contributed by atoms with Crippen LogP contribution in [0.15, 0.2) is 35.5 Å². The molecular formula is C11H16. The van der Waals surface area contributed by atoms with Gasteiger partial charge in [-0.2, -0.15) is 0 Å². The molecule has 1 aliphatic carbocycles. The highest BCUT2D eigenvalue weighted by Crippen LogP contribution is 2.29. The third kappa shape index (κ3) is 1.83. The summed E-state index contributed by atoms with van der Waals surface area (Å²) in [7, 11) is 0. The molecule has 0 aromatic heterocycles. The molecule has 0 bridgehead atoms. The van der Waals surface area contributed by atoms with Crippen LogP contribution in [0.4, 0.5) is 0 Å². The smallest absolute Gasteiger partial charge is 0.0167 e. The van der Waals surface area contributed by atoms with Gasteiger partial charge < -0.3 is 0 Å². The first-order valence-electron chi connectivity index (χ1n) is 4.08. The van der Waals surface area contributed by atoms with Gasteiger partial charge in [0, 0.05) is 0 Å². The molecular weight excluding hydrogens is 132 g/mol. The third-order valence-electron chi connectivity index (χ3n) is 2.22. The van der Waals surface area contributed by atoms with Gasteiger partial charge in [-0.05, 0) is 17.9 Å². The molecule has 0 aliphatic heterocycles. The van der Waals surface area contributed by atoms with Gasteiger partial charge >= 0.3 is 0 Å². The number of hydrogen-bond donors (Lipinski definition) is 0. The fourth-order valence-electron chi connectivity index (χ4n) is 1.06. The van der Waals surface area contributed by atoms with Crippen LogP contribution in [-0.2, 0) is 0 Å². The van der Waals surface area contributed by atoms with Crippen LogP contribution in [0.2, 0.25) is 0 Å². The van der Waals surface area contributed by atoms with Gasteiger partial charge in [-0.3, -0.25) is 0 Å². The van der Waals surface area contributed by atoms with E-state index in [0.29, 0.717) is 5.41 Å². The molecule has 0 fully saturated rings. The van der Waals surface area contributed by atoms with Crippen molar-refractivity contribution in [3.05, 3.63) is 35.5 Å². The van der Waals surface area contributed by atoms with Crippen LogP contribution in [0, 0.1) is 5.41 Å². The Balaban J connectivity index is 2.97. The topological polar surface area (TPSA) is 0 Å². The number of rotatable bonds is 0. The molecule has 0 amide bonds. The second kappa shape index (κ2) is 2.69. The molecule has 0 aromatic rings. The summed E-state index contributed by atoms with van der Waals surface area (Å²) in [6.45, 7) is 8.94. The van der Waals surface area contributed by atoms with Crippen LogP contribution in [-0.4, -0.2) is 0 Å². The van der Waals surface area contributed by atoms with E-state index >= 15 is 0 Å². The molecule has 1 aliphatic rings. The van der Waals surface area contributed by atoms with Gasteiger partial charge in [-0.25, -0.2) is 0 Å². The Morgan fingerprint density at radius 1 is 1.09 bits per heavy atom. The van der Waals surface area contributed by atoms with Crippen molar-refractivity contribution in [2.75, 3.05) is 0 Å². The lowest BCUT2D eigenvalue weighted by atomic mass is 9.85. The zero-order valence-electron chi connectivity index (χ0n) is 7.81. The van der Waals surface area contributed by atoms with E-state index in [9.17, 15) is 0 Å². The van der Waals surface area contributed by atoms with Gasteiger partial charge in [-0.1, -0.05) is 50.6 Å². The molecule has 0 N–H and O–H groups in total. The second-order valence-corrected chi connectivity index (χ2v) is 4.05. The summed E-state index contributed by atoms with van der Waals surface area (Å²) in [5.41, 5.74) is 3.13. The predicted molar refractivity (Wildman–Crippen MR) is 50.4 cm³/mol. The van der Waals surface area contributed by atoms with Crippen molar-refractivity contribution in [3.63, 3.8) is 0 Å². The summed E-state index contributed by atoms with van der Waals surface area (Å²) in [6.07, 6.45) is 8.51. The Morgan fingerprint density at radius 3 is 1.91 bits per heavy atom. The fraction of sp³-hybridized carbons (Fsp3) is 0.455. The minimum atomic E-state index is 0.300. The maximum Gasteiger partial charge on any atom is -0.0167 e. The van der Waals surface area contributed by atoms with Crippen LogP contribution in [0.1, 0.15) is 27.7 Å². The fourth-order valence-corrected chi connectivity index (χ4v) is 1.06. The van der Waals surface area contributed by atoms with Crippen molar-refractivity contribution in [1.29, 1.82) is 0 Å². The Hall–Kier alpha value is -0.780. The minimum absolute atomic E-state index is 0.300. The molecule has 11 heavy (non-hydrogen) atoms. The summed E-state index contributed by atoms with van der Waals surface area (Å²) in [5.74, 6) is 0. The van der Waals surface area contributed by atoms with Gasteiger partial charge in [-0.15, -0.1) is 0 Å². The lowest BCUT2D eigenvalue weighted by Gasteiger charge is -2.21. The number of hydrogen-bond acceptors (Lipinski definition) is 0. The van der Waals surface area contributed by atoms with E-state index in [0.717, 1.165) is 0 Å². The second-order valence-electron chi connectivity index (χ2n) is 4.05. The normalized spacial score (nSPS) is 16.2. The SMILES string of the molecule is CC(=C1C=CC=C1)C(C)(C)C. The van der Waals surface area contributed by atoms with E-state index < -0.39 is 0 Å². The monoisotopic (exact) mass is 148 g/mol. The minimum Gasteiger partial charge on any atom is -0.0617 e. The van der Waals surface area contributed by atoms with E-state index in [2.05, 4.69) is 52.0 Å². The number of allylic oxidation sites excluding steroid dienone is 6. The first-order valence-corrected chi connectivity index (χ1v) is 4.08. The summed E-state index contributed by atoms with van der Waals surface area (Å²) in [4.78, 5) is 0.